The Hall–Kier alpha value is -0.240. The van der Waals surface area contributed by atoms with Gasteiger partial charge in [-0.1, -0.05) is 0 Å². The molecular formula is C12H10Br4O3. The molecule has 0 atom stereocenters. The van der Waals surface area contributed by atoms with Gasteiger partial charge in [0, 0.05) is 8.95 Å². The molecule has 3 N–H and O–H groups in total. The highest BCUT2D eigenvalue weighted by Gasteiger charge is 2.04. The van der Waals surface area contributed by atoms with Crippen LogP contribution < -0.4 is 0 Å². The molecule has 0 aliphatic rings. The zero-order valence-corrected chi connectivity index (χ0v) is 15.8. The normalized spacial score (nSPS) is 9.00. The number of hydrogen-bond donors (Lipinski definition) is 3. The second-order valence-corrected chi connectivity index (χ2v) is 5.65. The minimum Gasteiger partial charge on any atom is -0.508 e. The first-order chi connectivity index (χ1) is 8.41. The van der Waals surface area contributed by atoms with Crippen LogP contribution in [0.2, 0.25) is 0 Å². The highest BCUT2D eigenvalue weighted by Crippen LogP contribution is 2.36. The van der Waals surface area contributed by atoms with Gasteiger partial charge < -0.3 is 15.3 Å². The second-order valence-electron chi connectivity index (χ2n) is 3.21. The Kier molecular flexibility index (Phi) is 8.73. The molecule has 0 heterocycles. The van der Waals surface area contributed by atoms with Gasteiger partial charge in [-0.25, -0.2) is 0 Å². The lowest BCUT2D eigenvalue weighted by Crippen LogP contribution is -1.72. The van der Waals surface area contributed by atoms with Crippen LogP contribution in [0.1, 0.15) is 0 Å². The maximum Gasteiger partial charge on any atom is 0.130 e. The molecule has 0 amide bonds. The van der Waals surface area contributed by atoms with Crippen LogP contribution in [0, 0.1) is 0 Å². The van der Waals surface area contributed by atoms with Crippen LogP contribution in [0.4, 0.5) is 0 Å². The Bertz CT molecular complexity index is 481. The summed E-state index contributed by atoms with van der Waals surface area (Å²) in [6.45, 7) is 0. The summed E-state index contributed by atoms with van der Waals surface area (Å²) in [6.07, 6.45) is 0. The van der Waals surface area contributed by atoms with Crippen molar-refractivity contribution >= 4 is 64.8 Å². The predicted molar refractivity (Wildman–Crippen MR) is 91.3 cm³/mol. The quantitative estimate of drug-likeness (QED) is 0.323. The van der Waals surface area contributed by atoms with Crippen molar-refractivity contribution in [2.24, 2.45) is 0 Å². The summed E-state index contributed by atoms with van der Waals surface area (Å²) in [6, 6.07) is 9.08. The molecule has 104 valence electrons. The van der Waals surface area contributed by atoms with Gasteiger partial charge in [0.2, 0.25) is 0 Å². The van der Waals surface area contributed by atoms with Gasteiger partial charge in [-0.2, -0.15) is 0 Å². The second kappa shape index (κ2) is 8.84. The van der Waals surface area contributed by atoms with E-state index in [0.29, 0.717) is 4.47 Å². The Balaban J connectivity index is 0.000000331. The fourth-order valence-electron chi connectivity index (χ4n) is 0.968. The summed E-state index contributed by atoms with van der Waals surface area (Å²) >= 11 is 9.77. The van der Waals surface area contributed by atoms with Crippen molar-refractivity contribution in [3.05, 3.63) is 49.8 Å². The first kappa shape index (κ1) is 18.8. The van der Waals surface area contributed by atoms with Crippen molar-refractivity contribution < 1.29 is 15.3 Å². The smallest absolute Gasteiger partial charge is 0.130 e. The minimum absolute atomic E-state index is 0. The Labute approximate surface area is 146 Å². The zero-order chi connectivity index (χ0) is 13.7. The molecule has 0 fully saturated rings. The van der Waals surface area contributed by atoms with Crippen molar-refractivity contribution in [2.45, 2.75) is 0 Å². The molecule has 7 heteroatoms. The molecule has 0 radical (unpaired) electrons. The molecule has 0 aliphatic carbocycles. The number of rotatable bonds is 0. The number of aromatic hydroxyl groups is 3. The van der Waals surface area contributed by atoms with E-state index < -0.39 is 0 Å². The molecule has 2 rings (SSSR count). The molecule has 2 aromatic carbocycles. The monoisotopic (exact) mass is 518 g/mol. The van der Waals surface area contributed by atoms with Gasteiger partial charge in [0.25, 0.3) is 0 Å². The van der Waals surface area contributed by atoms with Crippen molar-refractivity contribution in [3.63, 3.8) is 0 Å². The van der Waals surface area contributed by atoms with Crippen LogP contribution in [0.3, 0.4) is 0 Å². The third-order valence-electron chi connectivity index (χ3n) is 1.86. The average molecular weight is 522 g/mol. The number of phenols is 3. The van der Waals surface area contributed by atoms with Gasteiger partial charge in [0.15, 0.2) is 0 Å². The topological polar surface area (TPSA) is 60.7 Å². The average Bonchev–Trinajstić information content (AvgIpc) is 2.36. The van der Waals surface area contributed by atoms with Crippen LogP contribution in [0.25, 0.3) is 0 Å². The van der Waals surface area contributed by atoms with E-state index in [1.165, 1.54) is 24.3 Å². The largest absolute Gasteiger partial charge is 0.508 e. The van der Waals surface area contributed by atoms with Crippen LogP contribution >= 0.6 is 64.8 Å². The fraction of sp³-hybridized carbons (Fsp3) is 0. The Morgan fingerprint density at radius 1 is 0.632 bits per heavy atom. The van der Waals surface area contributed by atoms with E-state index in [-0.39, 0.29) is 34.2 Å². The Morgan fingerprint density at radius 3 is 1.42 bits per heavy atom. The summed E-state index contributed by atoms with van der Waals surface area (Å²) < 4.78 is 2.41. The summed E-state index contributed by atoms with van der Waals surface area (Å²) in [7, 11) is 0. The summed E-state index contributed by atoms with van der Waals surface area (Å²) in [4.78, 5) is 0. The molecule has 0 bridgehead atoms. The van der Waals surface area contributed by atoms with Gasteiger partial charge in [-0.05, 0) is 84.2 Å². The van der Waals surface area contributed by atoms with E-state index in [2.05, 4.69) is 47.8 Å². The van der Waals surface area contributed by atoms with Crippen molar-refractivity contribution in [1.29, 1.82) is 0 Å². The molecule has 0 aliphatic heterocycles. The summed E-state index contributed by atoms with van der Waals surface area (Å²) in [5.41, 5.74) is 0. The number of hydrogen-bond acceptors (Lipinski definition) is 3. The van der Waals surface area contributed by atoms with Crippen molar-refractivity contribution in [2.75, 3.05) is 0 Å². The van der Waals surface area contributed by atoms with Gasteiger partial charge in [0.05, 0.1) is 4.47 Å². The zero-order valence-electron chi connectivity index (χ0n) is 9.35. The van der Waals surface area contributed by atoms with Gasteiger partial charge in [-0.15, -0.1) is 17.0 Å². The summed E-state index contributed by atoms with van der Waals surface area (Å²) in [5, 5.41) is 26.4. The van der Waals surface area contributed by atoms with E-state index in [4.69, 9.17) is 15.3 Å². The number of halogens is 4. The predicted octanol–water partition coefficient (Wildman–Crippen LogP) is 5.36. The van der Waals surface area contributed by atoms with Crippen molar-refractivity contribution in [3.8, 4) is 17.2 Å². The third-order valence-corrected chi connectivity index (χ3v) is 5.22. The van der Waals surface area contributed by atoms with Gasteiger partial charge in [-0.3, -0.25) is 0 Å². The standard InChI is InChI=1S/C6H3Br3O.C6H6O2.BrH/c7-3-1-2-4(10)6(9)5(3)8;7-5-1-2-6(8)4-3-5;/h1-2,10H;1-4,7-8H;1H. The van der Waals surface area contributed by atoms with E-state index in [0.717, 1.165) is 8.95 Å². The van der Waals surface area contributed by atoms with E-state index in [1.807, 2.05) is 0 Å². The maximum atomic E-state index is 9.13. The summed E-state index contributed by atoms with van der Waals surface area (Å²) in [5.74, 6) is 0.570. The van der Waals surface area contributed by atoms with E-state index in [1.54, 1.807) is 12.1 Å². The lowest BCUT2D eigenvalue weighted by Gasteiger charge is -2.00. The molecule has 0 saturated heterocycles. The molecule has 0 saturated carbocycles. The lowest BCUT2D eigenvalue weighted by molar-refractivity contribution is 0.460. The van der Waals surface area contributed by atoms with Gasteiger partial charge in [0.1, 0.15) is 17.2 Å². The Morgan fingerprint density at radius 2 is 1.05 bits per heavy atom. The molecular weight excluding hydrogens is 512 g/mol. The SMILES string of the molecule is Br.Oc1ccc(Br)c(Br)c1Br.Oc1ccc(O)cc1. The number of phenolic OH excluding ortho intramolecular Hbond substituents is 3. The van der Waals surface area contributed by atoms with Gasteiger partial charge >= 0.3 is 0 Å². The van der Waals surface area contributed by atoms with Crippen LogP contribution in [-0.2, 0) is 0 Å². The minimum atomic E-state index is 0. The first-order valence-electron chi connectivity index (χ1n) is 4.72. The fourth-order valence-corrected chi connectivity index (χ4v) is 2.25. The molecule has 0 unspecified atom stereocenters. The molecule has 0 aromatic heterocycles. The van der Waals surface area contributed by atoms with Crippen LogP contribution in [0.5, 0.6) is 17.2 Å². The maximum absolute atomic E-state index is 9.13. The van der Waals surface area contributed by atoms with Crippen molar-refractivity contribution in [1.82, 2.24) is 0 Å². The molecule has 0 spiro atoms. The highest BCUT2D eigenvalue weighted by atomic mass is 79.9. The lowest BCUT2D eigenvalue weighted by atomic mass is 10.3. The van der Waals surface area contributed by atoms with E-state index in [9.17, 15) is 0 Å². The van der Waals surface area contributed by atoms with E-state index >= 15 is 0 Å². The highest BCUT2D eigenvalue weighted by molar-refractivity contribution is 9.14. The van der Waals surface area contributed by atoms with Crippen LogP contribution in [0.15, 0.2) is 49.8 Å². The third kappa shape index (κ3) is 6.16. The van der Waals surface area contributed by atoms with Crippen LogP contribution in [-0.4, -0.2) is 15.3 Å². The first-order valence-corrected chi connectivity index (χ1v) is 7.10. The molecule has 3 nitrogen and oxygen atoms in total. The molecule has 2 aromatic rings. The molecule has 19 heavy (non-hydrogen) atoms. The number of benzene rings is 2.